The molecule has 0 saturated carbocycles. The zero-order chi connectivity index (χ0) is 17.3. The van der Waals surface area contributed by atoms with Crippen molar-refractivity contribution in [2.45, 2.75) is 64.0 Å². The summed E-state index contributed by atoms with van der Waals surface area (Å²) < 4.78 is 6.42. The third kappa shape index (κ3) is 4.02. The molecule has 2 rings (SSSR count). The summed E-state index contributed by atoms with van der Waals surface area (Å²) in [6.45, 7) is 11.4. The number of aliphatic hydroxyl groups is 1. The summed E-state index contributed by atoms with van der Waals surface area (Å²) in [7, 11) is -1.97. The summed E-state index contributed by atoms with van der Waals surface area (Å²) in [4.78, 5) is 14.2. The number of aliphatic hydroxyl groups excluding tert-OH is 1. The molecule has 0 bridgehead atoms. The van der Waals surface area contributed by atoms with Crippen molar-refractivity contribution in [3.8, 4) is 0 Å². The Morgan fingerprint density at radius 3 is 2.39 bits per heavy atom. The fraction of sp³-hybridized carbons (Fsp3) is 0.611. The number of rotatable bonds is 5. The van der Waals surface area contributed by atoms with Gasteiger partial charge >= 0.3 is 0 Å². The van der Waals surface area contributed by atoms with Gasteiger partial charge in [-0.25, -0.2) is 0 Å². The Hall–Kier alpha value is -1.17. The Labute approximate surface area is 140 Å². The molecule has 2 atom stereocenters. The van der Waals surface area contributed by atoms with Gasteiger partial charge < -0.3 is 14.4 Å². The zero-order valence-electron chi connectivity index (χ0n) is 14.9. The Morgan fingerprint density at radius 1 is 1.26 bits per heavy atom. The average molecular weight is 336 g/mol. The molecule has 0 aromatic heterocycles. The molecule has 5 heteroatoms. The Bertz CT molecular complexity index is 539. The predicted molar refractivity (Wildman–Crippen MR) is 94.6 cm³/mol. The highest BCUT2D eigenvalue weighted by atomic mass is 28.4. The maximum Gasteiger partial charge on any atom is 0.225 e. The summed E-state index contributed by atoms with van der Waals surface area (Å²) in [5.41, 5.74) is 1.08. The minimum atomic E-state index is -1.97. The van der Waals surface area contributed by atoms with E-state index in [2.05, 4.69) is 33.9 Å². The van der Waals surface area contributed by atoms with E-state index in [0.717, 1.165) is 5.56 Å². The largest absolute Gasteiger partial charge is 0.411 e. The van der Waals surface area contributed by atoms with Crippen LogP contribution >= 0.6 is 0 Å². The standard InChI is InChI=1S/C18H29NO3Si/c1-18(2,3)23(4,5)22-16-11-17(21)19(15(16)13-20)12-14-9-7-6-8-10-14/h6-10,15-16,20H,11-13H2,1-5H3/t15?,16-/m0/s1. The first kappa shape index (κ1) is 18.2. The summed E-state index contributed by atoms with van der Waals surface area (Å²) in [5.74, 6) is 0.0663. The van der Waals surface area contributed by atoms with Crippen molar-refractivity contribution in [3.05, 3.63) is 35.9 Å². The monoisotopic (exact) mass is 335 g/mol. The van der Waals surface area contributed by atoms with Crippen LogP contribution in [0.15, 0.2) is 30.3 Å². The summed E-state index contributed by atoms with van der Waals surface area (Å²) in [6.07, 6.45) is 0.155. The van der Waals surface area contributed by atoms with Gasteiger partial charge in [-0.3, -0.25) is 4.79 Å². The molecule has 1 aliphatic rings. The molecule has 4 nitrogen and oxygen atoms in total. The fourth-order valence-corrected chi connectivity index (χ4v) is 4.04. The molecule has 1 N–H and O–H groups in total. The lowest BCUT2D eigenvalue weighted by Gasteiger charge is -2.40. The van der Waals surface area contributed by atoms with Gasteiger partial charge in [-0.15, -0.1) is 0 Å². The number of hydrogen-bond donors (Lipinski definition) is 1. The van der Waals surface area contributed by atoms with E-state index >= 15 is 0 Å². The molecule has 1 aliphatic heterocycles. The number of nitrogens with zero attached hydrogens (tertiary/aromatic N) is 1. The van der Waals surface area contributed by atoms with Crippen molar-refractivity contribution >= 4 is 14.2 Å². The molecule has 1 unspecified atom stereocenters. The van der Waals surface area contributed by atoms with Crippen molar-refractivity contribution < 1.29 is 14.3 Å². The lowest BCUT2D eigenvalue weighted by molar-refractivity contribution is -0.130. The number of amides is 1. The van der Waals surface area contributed by atoms with Gasteiger partial charge in [0.25, 0.3) is 0 Å². The van der Waals surface area contributed by atoms with Crippen molar-refractivity contribution in [1.29, 1.82) is 0 Å². The predicted octanol–water partition coefficient (Wildman–Crippen LogP) is 3.17. The Balaban J connectivity index is 2.14. The second-order valence-corrected chi connectivity index (χ2v) is 12.6. The van der Waals surface area contributed by atoms with Gasteiger partial charge in [-0.1, -0.05) is 51.1 Å². The van der Waals surface area contributed by atoms with Gasteiger partial charge in [0.05, 0.1) is 25.2 Å². The van der Waals surface area contributed by atoms with Crippen LogP contribution in [-0.2, 0) is 15.8 Å². The highest BCUT2D eigenvalue weighted by Gasteiger charge is 2.46. The molecule has 0 aliphatic carbocycles. The molecular formula is C18H29NO3Si. The number of carbonyl (C=O) groups excluding carboxylic acids is 1. The molecule has 1 saturated heterocycles. The molecule has 128 valence electrons. The van der Waals surface area contributed by atoms with E-state index in [1.807, 2.05) is 30.3 Å². The van der Waals surface area contributed by atoms with Crippen LogP contribution in [0.4, 0.5) is 0 Å². The van der Waals surface area contributed by atoms with Crippen molar-refractivity contribution in [2.75, 3.05) is 6.61 Å². The van der Waals surface area contributed by atoms with Crippen LogP contribution < -0.4 is 0 Å². The first-order valence-electron chi connectivity index (χ1n) is 8.28. The number of likely N-dealkylation sites (tertiary alicyclic amines) is 1. The lowest BCUT2D eigenvalue weighted by Crippen LogP contribution is -2.48. The van der Waals surface area contributed by atoms with Crippen LogP contribution in [0.1, 0.15) is 32.8 Å². The van der Waals surface area contributed by atoms with Crippen LogP contribution in [0.3, 0.4) is 0 Å². The first-order chi connectivity index (χ1) is 10.7. The molecular weight excluding hydrogens is 306 g/mol. The van der Waals surface area contributed by atoms with E-state index in [1.165, 1.54) is 0 Å². The normalized spacial score (nSPS) is 22.7. The van der Waals surface area contributed by atoms with Gasteiger partial charge in [0, 0.05) is 6.54 Å². The number of carbonyl (C=O) groups is 1. The molecule has 1 fully saturated rings. The second-order valence-electron chi connectivity index (χ2n) is 7.88. The lowest BCUT2D eigenvalue weighted by atomic mass is 10.1. The molecule has 1 amide bonds. The third-order valence-electron chi connectivity index (χ3n) is 5.16. The van der Waals surface area contributed by atoms with E-state index < -0.39 is 8.32 Å². The molecule has 0 spiro atoms. The van der Waals surface area contributed by atoms with Crippen LogP contribution in [0.5, 0.6) is 0 Å². The number of benzene rings is 1. The van der Waals surface area contributed by atoms with Crippen LogP contribution in [0.25, 0.3) is 0 Å². The van der Waals surface area contributed by atoms with Crippen molar-refractivity contribution in [1.82, 2.24) is 4.90 Å². The molecule has 1 aromatic rings. The van der Waals surface area contributed by atoms with E-state index in [4.69, 9.17) is 4.43 Å². The Morgan fingerprint density at radius 2 is 1.87 bits per heavy atom. The topological polar surface area (TPSA) is 49.8 Å². The molecule has 23 heavy (non-hydrogen) atoms. The van der Waals surface area contributed by atoms with E-state index in [0.29, 0.717) is 13.0 Å². The van der Waals surface area contributed by atoms with Gasteiger partial charge in [-0.05, 0) is 23.7 Å². The smallest absolute Gasteiger partial charge is 0.225 e. The van der Waals surface area contributed by atoms with E-state index in [-0.39, 0.29) is 29.7 Å². The molecule has 1 heterocycles. The minimum Gasteiger partial charge on any atom is -0.411 e. The van der Waals surface area contributed by atoms with E-state index in [9.17, 15) is 9.90 Å². The van der Waals surface area contributed by atoms with Crippen molar-refractivity contribution in [3.63, 3.8) is 0 Å². The van der Waals surface area contributed by atoms with Gasteiger partial charge in [0.2, 0.25) is 5.91 Å². The average Bonchev–Trinajstić information content (AvgIpc) is 2.73. The summed E-state index contributed by atoms with van der Waals surface area (Å²) >= 11 is 0. The first-order valence-corrected chi connectivity index (χ1v) is 11.2. The Kier molecular flexibility index (Phi) is 5.33. The minimum absolute atomic E-state index is 0.0577. The van der Waals surface area contributed by atoms with Crippen LogP contribution in [0, 0.1) is 0 Å². The third-order valence-corrected chi connectivity index (χ3v) is 9.67. The zero-order valence-corrected chi connectivity index (χ0v) is 15.9. The SMILES string of the molecule is CC(C)(C)[Si](C)(C)O[C@H]1CC(=O)N(Cc2ccccc2)C1CO. The molecule has 0 radical (unpaired) electrons. The number of hydrogen-bond acceptors (Lipinski definition) is 3. The van der Waals surface area contributed by atoms with Gasteiger partial charge in [0.15, 0.2) is 8.32 Å². The van der Waals surface area contributed by atoms with Crippen molar-refractivity contribution in [2.24, 2.45) is 0 Å². The van der Waals surface area contributed by atoms with Crippen LogP contribution in [0.2, 0.25) is 18.1 Å². The molecule has 1 aromatic carbocycles. The maximum atomic E-state index is 12.4. The summed E-state index contributed by atoms with van der Waals surface area (Å²) in [6, 6.07) is 9.65. The highest BCUT2D eigenvalue weighted by molar-refractivity contribution is 6.74. The fourth-order valence-electron chi connectivity index (χ4n) is 2.69. The van der Waals surface area contributed by atoms with Gasteiger partial charge in [-0.2, -0.15) is 0 Å². The highest BCUT2D eigenvalue weighted by Crippen LogP contribution is 2.39. The van der Waals surface area contributed by atoms with Gasteiger partial charge in [0.1, 0.15) is 0 Å². The second kappa shape index (κ2) is 6.75. The summed E-state index contributed by atoms with van der Waals surface area (Å²) in [5, 5.41) is 9.93. The van der Waals surface area contributed by atoms with Crippen LogP contribution in [-0.4, -0.2) is 43.0 Å². The van der Waals surface area contributed by atoms with E-state index in [1.54, 1.807) is 4.90 Å². The quantitative estimate of drug-likeness (QED) is 0.841. The maximum absolute atomic E-state index is 12.4.